The van der Waals surface area contributed by atoms with Crippen molar-refractivity contribution in [2.45, 2.75) is 106 Å². The van der Waals surface area contributed by atoms with Crippen LogP contribution in [-0.2, 0) is 11.3 Å². The van der Waals surface area contributed by atoms with Crippen LogP contribution in [0.5, 0.6) is 0 Å². The van der Waals surface area contributed by atoms with Gasteiger partial charge < -0.3 is 9.30 Å². The van der Waals surface area contributed by atoms with E-state index in [1.165, 1.54) is 56.0 Å². The Morgan fingerprint density at radius 3 is 2.15 bits per heavy atom. The fourth-order valence-electron chi connectivity index (χ4n) is 3.04. The molecule has 1 fully saturated rings. The van der Waals surface area contributed by atoms with Crippen molar-refractivity contribution in [2.75, 3.05) is 7.11 Å². The quantitative estimate of drug-likeness (QED) is 0.475. The molecule has 2 nitrogen and oxygen atoms in total. The highest BCUT2D eigenvalue weighted by Crippen LogP contribution is 2.42. The summed E-state index contributed by atoms with van der Waals surface area (Å²) in [5.74, 6) is 0.851. The number of ether oxygens (including phenoxy) is 1. The highest BCUT2D eigenvalue weighted by Gasteiger charge is 2.27. The fourth-order valence-corrected chi connectivity index (χ4v) is 3.04. The molecule has 1 aliphatic carbocycles. The SMILES string of the molecule is CC.CC.CCCC(C)OC.CCCCn1c(C2CC2)cc2ccccc21. The molecule has 156 valence electrons. The number of hydrogen-bond donors (Lipinski definition) is 0. The molecule has 1 aromatic carbocycles. The number of fused-ring (bicyclic) bond motifs is 1. The molecule has 1 saturated carbocycles. The van der Waals surface area contributed by atoms with Crippen LogP contribution in [0.4, 0.5) is 0 Å². The lowest BCUT2D eigenvalue weighted by Gasteiger charge is -2.09. The van der Waals surface area contributed by atoms with Crippen LogP contribution in [0.3, 0.4) is 0 Å². The van der Waals surface area contributed by atoms with Crippen LogP contribution in [0.1, 0.15) is 98.6 Å². The number of benzene rings is 1. The molecule has 1 aliphatic rings. The molecule has 0 saturated heterocycles. The zero-order valence-corrected chi connectivity index (χ0v) is 19.3. The molecule has 2 aromatic rings. The summed E-state index contributed by atoms with van der Waals surface area (Å²) >= 11 is 0. The Morgan fingerprint density at radius 1 is 1.04 bits per heavy atom. The first-order valence-electron chi connectivity index (χ1n) is 11.3. The van der Waals surface area contributed by atoms with E-state index in [9.17, 15) is 0 Å². The van der Waals surface area contributed by atoms with E-state index in [4.69, 9.17) is 4.74 Å². The minimum Gasteiger partial charge on any atom is -0.382 e. The summed E-state index contributed by atoms with van der Waals surface area (Å²) in [7, 11) is 1.75. The molecule has 0 N–H and O–H groups in total. The van der Waals surface area contributed by atoms with E-state index in [2.05, 4.69) is 55.7 Å². The molecular formula is C25H45NO. The maximum atomic E-state index is 4.99. The van der Waals surface area contributed by atoms with Gasteiger partial charge in [0.1, 0.15) is 0 Å². The molecule has 1 aromatic heterocycles. The van der Waals surface area contributed by atoms with Crippen molar-refractivity contribution >= 4 is 10.9 Å². The Morgan fingerprint density at radius 2 is 1.67 bits per heavy atom. The Bertz CT molecular complexity index is 583. The van der Waals surface area contributed by atoms with Gasteiger partial charge in [0.2, 0.25) is 0 Å². The summed E-state index contributed by atoms with van der Waals surface area (Å²) in [6, 6.07) is 11.2. The summed E-state index contributed by atoms with van der Waals surface area (Å²) in [5.41, 5.74) is 3.01. The second kappa shape index (κ2) is 15.7. The average Bonchev–Trinajstić information content (AvgIpc) is 3.51. The minimum atomic E-state index is 0.449. The number of nitrogens with zero attached hydrogens (tertiary/aromatic N) is 1. The molecule has 27 heavy (non-hydrogen) atoms. The van der Waals surface area contributed by atoms with Gasteiger partial charge in [-0.2, -0.15) is 0 Å². The molecule has 0 radical (unpaired) electrons. The van der Waals surface area contributed by atoms with Crippen molar-refractivity contribution in [3.63, 3.8) is 0 Å². The summed E-state index contributed by atoms with van der Waals surface area (Å²) in [6.07, 6.45) is 8.19. The van der Waals surface area contributed by atoms with Crippen LogP contribution in [0.25, 0.3) is 10.9 Å². The Hall–Kier alpha value is -1.28. The van der Waals surface area contributed by atoms with Gasteiger partial charge in [-0.15, -0.1) is 0 Å². The van der Waals surface area contributed by atoms with Crippen LogP contribution in [0, 0.1) is 0 Å². The third-order valence-corrected chi connectivity index (χ3v) is 4.67. The predicted molar refractivity (Wildman–Crippen MR) is 123 cm³/mol. The van der Waals surface area contributed by atoms with E-state index in [-0.39, 0.29) is 0 Å². The van der Waals surface area contributed by atoms with E-state index >= 15 is 0 Å². The van der Waals surface area contributed by atoms with Crippen molar-refractivity contribution in [2.24, 2.45) is 0 Å². The molecule has 1 unspecified atom stereocenters. The van der Waals surface area contributed by atoms with Crippen molar-refractivity contribution < 1.29 is 4.74 Å². The standard InChI is InChI=1S/C15H19N.C6H14O.2C2H6/c1-2-3-10-16-14-7-5-4-6-13(14)11-15(16)12-8-9-12;1-4-5-6(2)7-3;2*1-2/h4-7,11-12H,2-3,8-10H2,1H3;6H,4-5H2,1-3H3;2*1-2H3. The van der Waals surface area contributed by atoms with Gasteiger partial charge in [0.05, 0.1) is 6.10 Å². The number of aromatic nitrogens is 1. The molecule has 1 atom stereocenters. The van der Waals surface area contributed by atoms with E-state index < -0.39 is 0 Å². The lowest BCUT2D eigenvalue weighted by Crippen LogP contribution is -2.02. The number of methoxy groups -OCH3 is 1. The van der Waals surface area contributed by atoms with Gasteiger partial charge in [-0.3, -0.25) is 0 Å². The van der Waals surface area contributed by atoms with Crippen molar-refractivity contribution in [1.82, 2.24) is 4.57 Å². The van der Waals surface area contributed by atoms with Crippen LogP contribution in [0.2, 0.25) is 0 Å². The monoisotopic (exact) mass is 375 g/mol. The molecule has 0 amide bonds. The van der Waals surface area contributed by atoms with Gasteiger partial charge in [-0.25, -0.2) is 0 Å². The highest BCUT2D eigenvalue weighted by molar-refractivity contribution is 5.81. The molecule has 2 heteroatoms. The zero-order valence-electron chi connectivity index (χ0n) is 19.3. The molecule has 0 bridgehead atoms. The molecule has 1 heterocycles. The normalized spacial score (nSPS) is 13.5. The van der Waals surface area contributed by atoms with E-state index in [1.807, 2.05) is 27.7 Å². The number of rotatable bonds is 7. The van der Waals surface area contributed by atoms with E-state index in [1.54, 1.807) is 12.8 Å². The predicted octanol–water partition coefficient (Wildman–Crippen LogP) is 8.19. The highest BCUT2D eigenvalue weighted by atomic mass is 16.5. The van der Waals surface area contributed by atoms with E-state index in [0.29, 0.717) is 6.10 Å². The van der Waals surface area contributed by atoms with Crippen molar-refractivity contribution in [1.29, 1.82) is 0 Å². The average molecular weight is 376 g/mol. The summed E-state index contributed by atoms with van der Waals surface area (Å²) in [6.45, 7) is 15.7. The Balaban J connectivity index is 0.000000524. The molecule has 3 rings (SSSR count). The maximum absolute atomic E-state index is 4.99. The topological polar surface area (TPSA) is 14.2 Å². The lowest BCUT2D eigenvalue weighted by atomic mass is 10.2. The summed E-state index contributed by atoms with van der Waals surface area (Å²) in [4.78, 5) is 0. The van der Waals surface area contributed by atoms with E-state index in [0.717, 1.165) is 5.92 Å². The van der Waals surface area contributed by atoms with Crippen molar-refractivity contribution in [3.05, 3.63) is 36.0 Å². The summed E-state index contributed by atoms with van der Waals surface area (Å²) in [5, 5.41) is 1.42. The van der Waals surface area contributed by atoms with Crippen LogP contribution in [-0.4, -0.2) is 17.8 Å². The lowest BCUT2D eigenvalue weighted by molar-refractivity contribution is 0.110. The first-order valence-corrected chi connectivity index (χ1v) is 11.3. The Labute approximate surface area is 169 Å². The smallest absolute Gasteiger partial charge is 0.0543 e. The summed E-state index contributed by atoms with van der Waals surface area (Å²) < 4.78 is 7.54. The number of unbranched alkanes of at least 4 members (excludes halogenated alkanes) is 1. The number of aryl methyl sites for hydroxylation is 1. The maximum Gasteiger partial charge on any atom is 0.0543 e. The van der Waals surface area contributed by atoms with Crippen molar-refractivity contribution in [3.8, 4) is 0 Å². The second-order valence-corrected chi connectivity index (χ2v) is 6.74. The van der Waals surface area contributed by atoms with Gasteiger partial charge in [-0.05, 0) is 56.0 Å². The van der Waals surface area contributed by atoms with Crippen LogP contribution in [0.15, 0.2) is 30.3 Å². The third kappa shape index (κ3) is 8.97. The largest absolute Gasteiger partial charge is 0.382 e. The molecular weight excluding hydrogens is 330 g/mol. The molecule has 0 spiro atoms. The van der Waals surface area contributed by atoms with Crippen LogP contribution < -0.4 is 0 Å². The van der Waals surface area contributed by atoms with Gasteiger partial charge in [-0.1, -0.05) is 72.6 Å². The first kappa shape index (κ1) is 25.7. The Kier molecular flexibility index (Phi) is 15.0. The number of hydrogen-bond acceptors (Lipinski definition) is 1. The first-order chi connectivity index (χ1) is 13.2. The van der Waals surface area contributed by atoms with Gasteiger partial charge >= 0.3 is 0 Å². The minimum absolute atomic E-state index is 0.449. The molecule has 0 aliphatic heterocycles. The van der Waals surface area contributed by atoms with Gasteiger partial charge in [0.25, 0.3) is 0 Å². The third-order valence-electron chi connectivity index (χ3n) is 4.67. The second-order valence-electron chi connectivity index (χ2n) is 6.74. The van der Waals surface area contributed by atoms with Gasteiger partial charge in [0, 0.05) is 24.9 Å². The number of para-hydroxylation sites is 1. The fraction of sp³-hybridized carbons (Fsp3) is 0.680. The zero-order chi connectivity index (χ0) is 20.7. The van der Waals surface area contributed by atoms with Crippen LogP contribution >= 0.6 is 0 Å². The van der Waals surface area contributed by atoms with Gasteiger partial charge in [0.15, 0.2) is 0 Å².